The van der Waals surface area contributed by atoms with Crippen molar-refractivity contribution in [2.45, 2.75) is 13.5 Å². The van der Waals surface area contributed by atoms with Crippen LogP contribution in [-0.2, 0) is 6.61 Å². The summed E-state index contributed by atoms with van der Waals surface area (Å²) in [5, 5.41) is 8.72. The Balaban J connectivity index is 3.03. The molecule has 1 aromatic heterocycles. The highest BCUT2D eigenvalue weighted by molar-refractivity contribution is 7.13. The molecule has 0 fully saturated rings. The van der Waals surface area contributed by atoms with Crippen LogP contribution in [0.1, 0.15) is 20.1 Å². The molecule has 1 aromatic rings. The highest BCUT2D eigenvalue weighted by Crippen LogP contribution is 2.19. The molecule has 0 aliphatic rings. The normalized spacial score (nSPS) is 9.80. The van der Waals surface area contributed by atoms with Crippen LogP contribution in [0.4, 0.5) is 0 Å². The molecular formula is C7H8O2S. The van der Waals surface area contributed by atoms with Crippen LogP contribution >= 0.6 is 11.3 Å². The molecule has 2 nitrogen and oxygen atoms in total. The minimum absolute atomic E-state index is 0.0240. The smallest absolute Gasteiger partial charge is 0.160 e. The van der Waals surface area contributed by atoms with Crippen molar-refractivity contribution in [3.63, 3.8) is 0 Å². The van der Waals surface area contributed by atoms with Crippen molar-refractivity contribution in [3.05, 3.63) is 21.4 Å². The van der Waals surface area contributed by atoms with E-state index in [1.165, 1.54) is 11.3 Å². The maximum absolute atomic E-state index is 10.2. The third kappa shape index (κ3) is 1.25. The fourth-order valence-electron chi connectivity index (χ4n) is 0.760. The lowest BCUT2D eigenvalue weighted by atomic mass is 10.3. The zero-order valence-corrected chi connectivity index (χ0v) is 6.44. The average Bonchev–Trinajstić information content (AvgIpc) is 2.30. The van der Waals surface area contributed by atoms with Crippen LogP contribution in [0.3, 0.4) is 0 Å². The second-order valence-corrected chi connectivity index (χ2v) is 3.29. The quantitative estimate of drug-likeness (QED) is 0.656. The van der Waals surface area contributed by atoms with E-state index in [4.69, 9.17) is 5.11 Å². The van der Waals surface area contributed by atoms with Crippen LogP contribution in [-0.4, -0.2) is 11.4 Å². The molecule has 3 heteroatoms. The van der Waals surface area contributed by atoms with E-state index in [0.717, 1.165) is 16.7 Å². The number of aryl methyl sites for hydroxylation is 1. The Morgan fingerprint density at radius 1 is 1.80 bits per heavy atom. The van der Waals surface area contributed by atoms with E-state index >= 15 is 0 Å². The third-order valence-corrected chi connectivity index (χ3v) is 2.34. The number of aliphatic hydroxyl groups excluding tert-OH is 1. The SMILES string of the molecule is Cc1sc(C=O)cc1CO. The number of carbonyl (C=O) groups is 1. The van der Waals surface area contributed by atoms with Crippen molar-refractivity contribution < 1.29 is 9.90 Å². The van der Waals surface area contributed by atoms with Crippen LogP contribution in [0.5, 0.6) is 0 Å². The summed E-state index contributed by atoms with van der Waals surface area (Å²) in [6.07, 6.45) is 0.802. The summed E-state index contributed by atoms with van der Waals surface area (Å²) >= 11 is 1.41. The number of hydrogen-bond donors (Lipinski definition) is 1. The second-order valence-electron chi connectivity index (χ2n) is 2.01. The first kappa shape index (κ1) is 7.44. The van der Waals surface area contributed by atoms with E-state index in [0.29, 0.717) is 4.88 Å². The molecule has 0 amide bonds. The number of hydrogen-bond acceptors (Lipinski definition) is 3. The van der Waals surface area contributed by atoms with Gasteiger partial charge in [-0.05, 0) is 18.6 Å². The van der Waals surface area contributed by atoms with Crippen molar-refractivity contribution in [2.24, 2.45) is 0 Å². The van der Waals surface area contributed by atoms with Gasteiger partial charge in [0.05, 0.1) is 11.5 Å². The standard InChI is InChI=1S/C7H8O2S/c1-5-6(3-8)2-7(4-9)10-5/h2,4,8H,3H2,1H3. The summed E-state index contributed by atoms with van der Waals surface area (Å²) in [6.45, 7) is 1.92. The molecule has 1 heterocycles. The van der Waals surface area contributed by atoms with E-state index in [9.17, 15) is 4.79 Å². The lowest BCUT2D eigenvalue weighted by Gasteiger charge is -1.87. The van der Waals surface area contributed by atoms with Crippen molar-refractivity contribution >= 4 is 17.6 Å². The van der Waals surface area contributed by atoms with Gasteiger partial charge in [0.15, 0.2) is 6.29 Å². The Kier molecular flexibility index (Phi) is 2.19. The van der Waals surface area contributed by atoms with Gasteiger partial charge in [0, 0.05) is 4.88 Å². The molecule has 10 heavy (non-hydrogen) atoms. The molecule has 1 rings (SSSR count). The van der Waals surface area contributed by atoms with Crippen molar-refractivity contribution in [1.29, 1.82) is 0 Å². The molecule has 0 atom stereocenters. The van der Waals surface area contributed by atoms with Gasteiger partial charge in [-0.1, -0.05) is 0 Å². The fourth-order valence-corrected chi connectivity index (χ4v) is 1.62. The molecule has 0 aromatic carbocycles. The zero-order chi connectivity index (χ0) is 7.56. The largest absolute Gasteiger partial charge is 0.392 e. The van der Waals surface area contributed by atoms with E-state index in [2.05, 4.69) is 0 Å². The molecule has 1 N–H and O–H groups in total. The van der Waals surface area contributed by atoms with Gasteiger partial charge < -0.3 is 5.11 Å². The van der Waals surface area contributed by atoms with Gasteiger partial charge in [-0.15, -0.1) is 11.3 Å². The molecule has 0 aliphatic carbocycles. The Morgan fingerprint density at radius 3 is 2.80 bits per heavy atom. The van der Waals surface area contributed by atoms with Gasteiger partial charge in [0.1, 0.15) is 0 Å². The zero-order valence-electron chi connectivity index (χ0n) is 5.63. The lowest BCUT2D eigenvalue weighted by molar-refractivity contribution is 0.112. The maximum atomic E-state index is 10.2. The summed E-state index contributed by atoms with van der Waals surface area (Å²) in [5.41, 5.74) is 0.854. The van der Waals surface area contributed by atoms with Gasteiger partial charge in [0.25, 0.3) is 0 Å². The predicted octanol–water partition coefficient (Wildman–Crippen LogP) is 1.36. The Bertz CT molecular complexity index is 240. The molecule has 0 saturated heterocycles. The van der Waals surface area contributed by atoms with Gasteiger partial charge in [-0.2, -0.15) is 0 Å². The highest BCUT2D eigenvalue weighted by Gasteiger charge is 2.01. The number of carbonyl (C=O) groups excluding carboxylic acids is 1. The highest BCUT2D eigenvalue weighted by atomic mass is 32.1. The first-order valence-corrected chi connectivity index (χ1v) is 3.75. The van der Waals surface area contributed by atoms with Crippen LogP contribution in [0.2, 0.25) is 0 Å². The Morgan fingerprint density at radius 2 is 2.50 bits per heavy atom. The summed E-state index contributed by atoms with van der Waals surface area (Å²) in [4.78, 5) is 11.9. The number of aldehydes is 1. The maximum Gasteiger partial charge on any atom is 0.160 e. The van der Waals surface area contributed by atoms with Gasteiger partial charge >= 0.3 is 0 Å². The van der Waals surface area contributed by atoms with Crippen molar-refractivity contribution in [2.75, 3.05) is 0 Å². The molecule has 0 bridgehead atoms. The van der Waals surface area contributed by atoms with E-state index < -0.39 is 0 Å². The number of aliphatic hydroxyl groups is 1. The van der Waals surface area contributed by atoms with Crippen LogP contribution in [0.25, 0.3) is 0 Å². The minimum Gasteiger partial charge on any atom is -0.392 e. The molecule has 0 saturated carbocycles. The fraction of sp³-hybridized carbons (Fsp3) is 0.286. The van der Waals surface area contributed by atoms with Gasteiger partial charge in [-0.25, -0.2) is 0 Å². The van der Waals surface area contributed by atoms with Crippen molar-refractivity contribution in [1.82, 2.24) is 0 Å². The van der Waals surface area contributed by atoms with E-state index in [1.807, 2.05) is 6.92 Å². The molecule has 0 aliphatic heterocycles. The predicted molar refractivity (Wildman–Crippen MR) is 40.4 cm³/mol. The first-order valence-electron chi connectivity index (χ1n) is 2.93. The molecule has 0 unspecified atom stereocenters. The summed E-state index contributed by atoms with van der Waals surface area (Å²) in [6, 6.07) is 1.72. The number of thiophene rings is 1. The third-order valence-electron chi connectivity index (χ3n) is 1.33. The average molecular weight is 156 g/mol. The lowest BCUT2D eigenvalue weighted by Crippen LogP contribution is -1.79. The Hall–Kier alpha value is -0.670. The second kappa shape index (κ2) is 2.94. The monoisotopic (exact) mass is 156 g/mol. The van der Waals surface area contributed by atoms with Crippen LogP contribution in [0.15, 0.2) is 6.07 Å². The van der Waals surface area contributed by atoms with Crippen LogP contribution < -0.4 is 0 Å². The van der Waals surface area contributed by atoms with E-state index in [-0.39, 0.29) is 6.61 Å². The molecule has 0 spiro atoms. The van der Waals surface area contributed by atoms with Crippen LogP contribution in [0, 0.1) is 6.92 Å². The molecule has 54 valence electrons. The van der Waals surface area contributed by atoms with Gasteiger partial charge in [-0.3, -0.25) is 4.79 Å². The summed E-state index contributed by atoms with van der Waals surface area (Å²) in [7, 11) is 0. The minimum atomic E-state index is 0.0240. The first-order chi connectivity index (χ1) is 4.77. The van der Waals surface area contributed by atoms with Crippen molar-refractivity contribution in [3.8, 4) is 0 Å². The molecular weight excluding hydrogens is 148 g/mol. The summed E-state index contributed by atoms with van der Waals surface area (Å²) in [5.74, 6) is 0. The van der Waals surface area contributed by atoms with E-state index in [1.54, 1.807) is 6.07 Å². The summed E-state index contributed by atoms with van der Waals surface area (Å²) < 4.78 is 0. The number of rotatable bonds is 2. The topological polar surface area (TPSA) is 37.3 Å². The molecule has 0 radical (unpaired) electrons. The van der Waals surface area contributed by atoms with Gasteiger partial charge in [0.2, 0.25) is 0 Å². The Labute approximate surface area is 63.1 Å².